The van der Waals surface area contributed by atoms with Crippen molar-refractivity contribution in [3.8, 4) is 0 Å². The number of para-hydroxylation sites is 2. The molecule has 0 bridgehead atoms. The first-order chi connectivity index (χ1) is 15.2. The zero-order chi connectivity index (χ0) is 21.4. The second-order valence-electron chi connectivity index (χ2n) is 7.71. The minimum absolute atomic E-state index is 0.109. The lowest BCUT2D eigenvalue weighted by Crippen LogP contribution is -2.36. The van der Waals surface area contributed by atoms with E-state index in [0.29, 0.717) is 42.1 Å². The van der Waals surface area contributed by atoms with Crippen molar-refractivity contribution in [2.45, 2.75) is 25.4 Å². The molecular formula is C23H23N5O3. The van der Waals surface area contributed by atoms with E-state index in [1.54, 1.807) is 22.6 Å². The van der Waals surface area contributed by atoms with Gasteiger partial charge in [0.1, 0.15) is 5.82 Å². The van der Waals surface area contributed by atoms with Gasteiger partial charge in [0.25, 0.3) is 11.5 Å². The van der Waals surface area contributed by atoms with E-state index in [1.165, 1.54) is 0 Å². The molecule has 3 heterocycles. The third kappa shape index (κ3) is 3.29. The van der Waals surface area contributed by atoms with Crippen molar-refractivity contribution in [1.82, 2.24) is 24.6 Å². The Kier molecular flexibility index (Phi) is 4.99. The third-order valence-corrected chi connectivity index (χ3v) is 5.89. The second-order valence-corrected chi connectivity index (χ2v) is 7.71. The minimum Gasteiger partial charge on any atom is -0.383 e. The van der Waals surface area contributed by atoms with Gasteiger partial charge >= 0.3 is 0 Å². The molecule has 1 unspecified atom stereocenters. The summed E-state index contributed by atoms with van der Waals surface area (Å²) in [7, 11) is 1.60. The number of carbonyl (C=O) groups excluding carboxylic acids is 1. The third-order valence-electron chi connectivity index (χ3n) is 5.89. The highest BCUT2D eigenvalue weighted by Crippen LogP contribution is 2.33. The van der Waals surface area contributed by atoms with Gasteiger partial charge in [-0.05, 0) is 31.0 Å². The summed E-state index contributed by atoms with van der Waals surface area (Å²) in [6.45, 7) is 1.36. The van der Waals surface area contributed by atoms with Crippen molar-refractivity contribution in [2.75, 3.05) is 20.3 Å². The number of aromatic amines is 1. The summed E-state index contributed by atoms with van der Waals surface area (Å²) >= 11 is 0. The van der Waals surface area contributed by atoms with Gasteiger partial charge in [0.05, 0.1) is 35.6 Å². The quantitative estimate of drug-likeness (QED) is 0.539. The fourth-order valence-corrected chi connectivity index (χ4v) is 4.38. The normalized spacial score (nSPS) is 16.4. The number of rotatable bonds is 5. The molecule has 1 aliphatic rings. The highest BCUT2D eigenvalue weighted by Gasteiger charge is 2.35. The lowest BCUT2D eigenvalue weighted by molar-refractivity contribution is 0.0721. The van der Waals surface area contributed by atoms with Crippen LogP contribution in [0.25, 0.3) is 21.8 Å². The number of ether oxygens (including phenoxy) is 1. The summed E-state index contributed by atoms with van der Waals surface area (Å²) in [4.78, 5) is 33.3. The van der Waals surface area contributed by atoms with Crippen LogP contribution in [0.5, 0.6) is 0 Å². The number of amides is 1. The molecule has 2 aromatic heterocycles. The number of methoxy groups -OCH3 is 1. The van der Waals surface area contributed by atoms with Crippen LogP contribution in [-0.2, 0) is 11.3 Å². The molecule has 5 rings (SSSR count). The molecule has 2 aromatic carbocycles. The van der Waals surface area contributed by atoms with Crippen LogP contribution in [-0.4, -0.2) is 50.8 Å². The fraction of sp³-hybridized carbons (Fsp3) is 0.304. The largest absolute Gasteiger partial charge is 0.383 e. The van der Waals surface area contributed by atoms with E-state index in [1.807, 2.05) is 42.5 Å². The minimum atomic E-state index is -0.294. The zero-order valence-corrected chi connectivity index (χ0v) is 17.2. The summed E-state index contributed by atoms with van der Waals surface area (Å²) in [5.74, 6) is 0.451. The lowest BCUT2D eigenvalue weighted by Gasteiger charge is -2.26. The second kappa shape index (κ2) is 7.96. The topological polar surface area (TPSA) is 93.1 Å². The maximum Gasteiger partial charge on any atom is 0.275 e. The van der Waals surface area contributed by atoms with Crippen molar-refractivity contribution in [3.63, 3.8) is 0 Å². The molecule has 1 amide bonds. The Balaban J connectivity index is 1.60. The van der Waals surface area contributed by atoms with Crippen LogP contribution in [0, 0.1) is 0 Å². The predicted octanol–water partition coefficient (Wildman–Crippen LogP) is 2.90. The Morgan fingerprint density at radius 2 is 1.94 bits per heavy atom. The van der Waals surface area contributed by atoms with Gasteiger partial charge < -0.3 is 9.64 Å². The highest BCUT2D eigenvalue weighted by atomic mass is 16.5. The molecule has 31 heavy (non-hydrogen) atoms. The van der Waals surface area contributed by atoms with Crippen molar-refractivity contribution in [3.05, 3.63) is 70.4 Å². The van der Waals surface area contributed by atoms with Crippen molar-refractivity contribution in [1.29, 1.82) is 0 Å². The van der Waals surface area contributed by atoms with Crippen LogP contribution >= 0.6 is 0 Å². The number of hydrogen-bond donors (Lipinski definition) is 1. The summed E-state index contributed by atoms with van der Waals surface area (Å²) in [5, 5.41) is 8.58. The van der Waals surface area contributed by atoms with Gasteiger partial charge in [-0.1, -0.05) is 30.3 Å². The Morgan fingerprint density at radius 3 is 2.77 bits per heavy atom. The molecule has 158 valence electrons. The van der Waals surface area contributed by atoms with E-state index in [9.17, 15) is 9.59 Å². The van der Waals surface area contributed by atoms with Crippen LogP contribution in [0.15, 0.2) is 53.3 Å². The van der Waals surface area contributed by atoms with Crippen molar-refractivity contribution < 1.29 is 9.53 Å². The molecule has 1 atom stereocenters. The smallest absolute Gasteiger partial charge is 0.275 e. The van der Waals surface area contributed by atoms with Gasteiger partial charge in [-0.2, -0.15) is 5.10 Å². The first kappa shape index (κ1) is 19.4. The van der Waals surface area contributed by atoms with Crippen molar-refractivity contribution in [2.24, 2.45) is 0 Å². The average Bonchev–Trinajstić information content (AvgIpc) is 3.45. The first-order valence-electron chi connectivity index (χ1n) is 10.4. The van der Waals surface area contributed by atoms with Crippen molar-refractivity contribution >= 4 is 27.7 Å². The molecule has 4 aromatic rings. The molecule has 8 nitrogen and oxygen atoms in total. The molecule has 0 spiro atoms. The van der Waals surface area contributed by atoms with E-state index in [2.05, 4.69) is 10.2 Å². The predicted molar refractivity (Wildman–Crippen MR) is 117 cm³/mol. The van der Waals surface area contributed by atoms with Gasteiger partial charge in [-0.15, -0.1) is 0 Å². The number of fused-ring (bicyclic) bond motifs is 2. The molecule has 1 fully saturated rings. The SMILES string of the molecule is COCCn1c(C2CCCN2C(=O)c2n[nH]c3ccccc23)nc2ccccc2c1=O. The number of hydrogen-bond acceptors (Lipinski definition) is 5. The van der Waals surface area contributed by atoms with Crippen LogP contribution in [0.4, 0.5) is 0 Å². The Morgan fingerprint density at radius 1 is 1.16 bits per heavy atom. The Bertz CT molecular complexity index is 1330. The Hall–Kier alpha value is -3.52. The number of H-pyrrole nitrogens is 1. The molecule has 0 aliphatic carbocycles. The van der Waals surface area contributed by atoms with E-state index in [0.717, 1.165) is 23.7 Å². The summed E-state index contributed by atoms with van der Waals surface area (Å²) in [6, 6.07) is 14.6. The monoisotopic (exact) mass is 417 g/mol. The summed E-state index contributed by atoms with van der Waals surface area (Å²) < 4.78 is 6.89. The van der Waals surface area contributed by atoms with Crippen LogP contribution < -0.4 is 5.56 Å². The highest BCUT2D eigenvalue weighted by molar-refractivity contribution is 6.04. The molecule has 1 saturated heterocycles. The van der Waals surface area contributed by atoms with E-state index < -0.39 is 0 Å². The number of carbonyl (C=O) groups is 1. The van der Waals surface area contributed by atoms with Gasteiger partial charge in [0, 0.05) is 19.0 Å². The molecule has 1 aliphatic heterocycles. The number of nitrogens with one attached hydrogen (secondary N) is 1. The average molecular weight is 417 g/mol. The summed E-state index contributed by atoms with van der Waals surface area (Å²) in [6.07, 6.45) is 1.58. The summed E-state index contributed by atoms with van der Waals surface area (Å²) in [5.41, 5.74) is 1.75. The van der Waals surface area contributed by atoms with Gasteiger partial charge in [-0.25, -0.2) is 4.98 Å². The zero-order valence-electron chi connectivity index (χ0n) is 17.2. The maximum absolute atomic E-state index is 13.5. The van der Waals surface area contributed by atoms with E-state index >= 15 is 0 Å². The lowest BCUT2D eigenvalue weighted by atomic mass is 10.1. The fourth-order valence-electron chi connectivity index (χ4n) is 4.38. The van der Waals surface area contributed by atoms with Crippen LogP contribution in [0.2, 0.25) is 0 Å². The van der Waals surface area contributed by atoms with Crippen LogP contribution in [0.1, 0.15) is 35.2 Å². The number of nitrogens with zero attached hydrogens (tertiary/aromatic N) is 4. The first-order valence-corrected chi connectivity index (χ1v) is 10.4. The molecule has 0 radical (unpaired) electrons. The number of aromatic nitrogens is 4. The standard InChI is InChI=1S/C23H23N5O3/c1-31-14-13-28-21(24-17-9-4-3-8-16(17)22(28)29)19-11-6-12-27(19)23(30)20-15-7-2-5-10-18(15)25-26-20/h2-5,7-10,19H,6,11-14H2,1H3,(H,25,26). The van der Waals surface area contributed by atoms with Gasteiger partial charge in [0.2, 0.25) is 0 Å². The molecule has 1 N–H and O–H groups in total. The molecule has 8 heteroatoms. The Labute approximate surface area is 178 Å². The van der Waals surface area contributed by atoms with Gasteiger partial charge in [-0.3, -0.25) is 19.3 Å². The van der Waals surface area contributed by atoms with E-state index in [-0.39, 0.29) is 17.5 Å². The molecular weight excluding hydrogens is 394 g/mol. The number of benzene rings is 2. The van der Waals surface area contributed by atoms with Gasteiger partial charge in [0.15, 0.2) is 5.69 Å². The van der Waals surface area contributed by atoms with E-state index in [4.69, 9.17) is 9.72 Å². The van der Waals surface area contributed by atoms with Crippen LogP contribution in [0.3, 0.4) is 0 Å². The maximum atomic E-state index is 13.5. The number of likely N-dealkylation sites (tertiary alicyclic amines) is 1. The molecule has 0 saturated carbocycles.